The van der Waals surface area contributed by atoms with Crippen LogP contribution < -0.4 is 4.74 Å². The van der Waals surface area contributed by atoms with Crippen LogP contribution in [0.4, 0.5) is 4.39 Å². The van der Waals surface area contributed by atoms with Gasteiger partial charge in [0, 0.05) is 0 Å². The number of nitriles is 1. The summed E-state index contributed by atoms with van der Waals surface area (Å²) in [5.41, 5.74) is 1.21. The van der Waals surface area contributed by atoms with E-state index in [1.807, 2.05) is 24.3 Å². The Morgan fingerprint density at radius 2 is 1.48 bits per heavy atom. The highest BCUT2D eigenvalue weighted by molar-refractivity contribution is 5.90. The molecule has 0 aliphatic heterocycles. The van der Waals surface area contributed by atoms with E-state index in [1.54, 1.807) is 6.07 Å². The molecular formula is C35H48FNO3. The second-order valence-electron chi connectivity index (χ2n) is 11.5. The van der Waals surface area contributed by atoms with Crippen LogP contribution in [0.5, 0.6) is 5.75 Å². The number of benzene rings is 2. The molecule has 1 fully saturated rings. The third kappa shape index (κ3) is 9.95. The Hall–Kier alpha value is -2.87. The van der Waals surface area contributed by atoms with Crippen molar-refractivity contribution < 1.29 is 18.7 Å². The summed E-state index contributed by atoms with van der Waals surface area (Å²) in [4.78, 5) is 12.8. The van der Waals surface area contributed by atoms with Gasteiger partial charge in [0.1, 0.15) is 17.7 Å². The van der Waals surface area contributed by atoms with Crippen molar-refractivity contribution in [1.29, 1.82) is 5.26 Å². The van der Waals surface area contributed by atoms with E-state index in [9.17, 15) is 14.4 Å². The van der Waals surface area contributed by atoms with E-state index in [-0.39, 0.29) is 17.1 Å². The Labute approximate surface area is 241 Å². The van der Waals surface area contributed by atoms with Crippen LogP contribution in [0.1, 0.15) is 127 Å². The number of halogens is 1. The van der Waals surface area contributed by atoms with Crippen molar-refractivity contribution in [2.45, 2.75) is 123 Å². The van der Waals surface area contributed by atoms with E-state index in [1.165, 1.54) is 69.9 Å². The molecular weight excluding hydrogens is 501 g/mol. The topological polar surface area (TPSA) is 59.3 Å². The summed E-state index contributed by atoms with van der Waals surface area (Å²) >= 11 is 0. The lowest BCUT2D eigenvalue weighted by Gasteiger charge is -2.34. The van der Waals surface area contributed by atoms with Crippen LogP contribution in [0.2, 0.25) is 0 Å². The van der Waals surface area contributed by atoms with E-state index >= 15 is 0 Å². The van der Waals surface area contributed by atoms with Crippen molar-refractivity contribution in [1.82, 2.24) is 0 Å². The van der Waals surface area contributed by atoms with E-state index in [0.29, 0.717) is 25.0 Å². The van der Waals surface area contributed by atoms with Crippen molar-refractivity contribution in [2.75, 3.05) is 6.61 Å². The number of ether oxygens (including phenoxy) is 2. The van der Waals surface area contributed by atoms with Gasteiger partial charge in [0.25, 0.3) is 0 Å². The molecule has 2 aromatic carbocycles. The van der Waals surface area contributed by atoms with Gasteiger partial charge in [-0.1, -0.05) is 96.3 Å². The van der Waals surface area contributed by atoms with E-state index < -0.39 is 11.8 Å². The summed E-state index contributed by atoms with van der Waals surface area (Å²) in [7, 11) is 0. The highest BCUT2D eigenvalue weighted by Gasteiger charge is 2.36. The molecule has 0 radical (unpaired) electrons. The van der Waals surface area contributed by atoms with Crippen LogP contribution >= 0.6 is 0 Å². The number of carbonyl (C=O) groups is 1. The molecule has 0 spiro atoms. The average molecular weight is 550 g/mol. The third-order valence-corrected chi connectivity index (χ3v) is 8.30. The first kappa shape index (κ1) is 31.7. The van der Waals surface area contributed by atoms with Crippen LogP contribution in [0.15, 0.2) is 42.5 Å². The van der Waals surface area contributed by atoms with Gasteiger partial charge in [-0.2, -0.15) is 5.26 Å². The molecule has 1 aliphatic rings. The van der Waals surface area contributed by atoms with Crippen molar-refractivity contribution in [3.8, 4) is 22.9 Å². The maximum Gasteiger partial charge on any atom is 0.341 e. The fraction of sp³-hybridized carbons (Fsp3) is 0.600. The molecule has 5 heteroatoms. The number of nitrogens with zero attached hydrogens (tertiary/aromatic N) is 1. The quantitative estimate of drug-likeness (QED) is 0.145. The minimum absolute atomic E-state index is 0.0457. The lowest BCUT2D eigenvalue weighted by Crippen LogP contribution is -2.31. The van der Waals surface area contributed by atoms with Crippen molar-refractivity contribution in [3.05, 3.63) is 53.8 Å². The monoisotopic (exact) mass is 549 g/mol. The summed E-state index contributed by atoms with van der Waals surface area (Å²) in [6.45, 7) is 5.12. The second kappa shape index (κ2) is 17.1. The van der Waals surface area contributed by atoms with Crippen molar-refractivity contribution in [2.24, 2.45) is 5.41 Å². The largest absolute Gasteiger partial charge is 0.494 e. The predicted molar refractivity (Wildman–Crippen MR) is 160 cm³/mol. The summed E-state index contributed by atoms with van der Waals surface area (Å²) in [6.07, 6.45) is 16.7. The molecule has 0 N–H and O–H groups in total. The highest BCUT2D eigenvalue weighted by atomic mass is 19.1. The fourth-order valence-electron chi connectivity index (χ4n) is 5.64. The fourth-order valence-corrected chi connectivity index (χ4v) is 5.64. The predicted octanol–water partition coefficient (Wildman–Crippen LogP) is 10.2. The molecule has 4 nitrogen and oxygen atoms in total. The summed E-state index contributed by atoms with van der Waals surface area (Å²) in [5, 5.41) is 9.83. The molecule has 0 amide bonds. The first-order valence-electron chi connectivity index (χ1n) is 15.7. The Bertz CT molecular complexity index is 1070. The maximum absolute atomic E-state index is 15.0. The number of hydrogen-bond acceptors (Lipinski definition) is 4. The smallest absolute Gasteiger partial charge is 0.341 e. The summed E-state index contributed by atoms with van der Waals surface area (Å²) < 4.78 is 26.5. The number of unbranched alkanes of at least 4 members (excludes halogenated alkanes) is 9. The van der Waals surface area contributed by atoms with Crippen LogP contribution in [0, 0.1) is 22.6 Å². The number of carbonyl (C=O) groups excluding carboxylic acids is 1. The zero-order valence-corrected chi connectivity index (χ0v) is 24.7. The third-order valence-electron chi connectivity index (χ3n) is 8.30. The molecule has 0 aromatic heterocycles. The molecule has 40 heavy (non-hydrogen) atoms. The van der Waals surface area contributed by atoms with Gasteiger partial charge in [0.05, 0.1) is 23.7 Å². The second-order valence-corrected chi connectivity index (χ2v) is 11.5. The lowest BCUT2D eigenvalue weighted by atomic mass is 9.71. The van der Waals surface area contributed by atoms with Crippen LogP contribution in [-0.2, 0) is 4.74 Å². The number of esters is 1. The molecule has 0 heterocycles. The standard InChI is InChI=1S/C35H48FNO3/c1-3-5-7-9-11-13-25-39-30-17-14-28(15-18-30)29-16-19-32(33(36)26-29)34(38)40-31-20-23-35(27-37,24-21-31)22-12-10-8-6-4-2/h14-19,26,31H,3-13,20-25H2,1-2H3. The van der Waals surface area contributed by atoms with E-state index in [4.69, 9.17) is 9.47 Å². The molecule has 2 aromatic rings. The molecule has 0 atom stereocenters. The van der Waals surface area contributed by atoms with Gasteiger partial charge in [-0.05, 0) is 73.9 Å². The highest BCUT2D eigenvalue weighted by Crippen LogP contribution is 2.41. The summed E-state index contributed by atoms with van der Waals surface area (Å²) in [6, 6.07) is 14.9. The van der Waals surface area contributed by atoms with Gasteiger partial charge in [-0.15, -0.1) is 0 Å². The van der Waals surface area contributed by atoms with E-state index in [2.05, 4.69) is 19.9 Å². The van der Waals surface area contributed by atoms with Crippen molar-refractivity contribution in [3.63, 3.8) is 0 Å². The zero-order chi connectivity index (χ0) is 28.6. The molecule has 0 bridgehead atoms. The average Bonchev–Trinajstić information content (AvgIpc) is 2.98. The Balaban J connectivity index is 1.46. The van der Waals surface area contributed by atoms with Crippen molar-refractivity contribution >= 4 is 5.97 Å². The van der Waals surface area contributed by atoms with Crippen LogP contribution in [0.25, 0.3) is 11.1 Å². The van der Waals surface area contributed by atoms with Gasteiger partial charge >= 0.3 is 5.97 Å². The summed E-state index contributed by atoms with van der Waals surface area (Å²) in [5.74, 6) is -0.404. The lowest BCUT2D eigenvalue weighted by molar-refractivity contribution is 0.0100. The molecule has 1 saturated carbocycles. The zero-order valence-electron chi connectivity index (χ0n) is 24.7. The minimum atomic E-state index is -0.628. The first-order valence-corrected chi connectivity index (χ1v) is 15.7. The van der Waals surface area contributed by atoms with E-state index in [0.717, 1.165) is 43.4 Å². The molecule has 0 unspecified atom stereocenters. The van der Waals surface area contributed by atoms with Gasteiger partial charge in [0.15, 0.2) is 0 Å². The molecule has 0 saturated heterocycles. The Morgan fingerprint density at radius 1 is 0.875 bits per heavy atom. The SMILES string of the molecule is CCCCCCCCOc1ccc(-c2ccc(C(=O)OC3CCC(C#N)(CCCCCCC)CC3)c(F)c2)cc1. The molecule has 1 aliphatic carbocycles. The van der Waals surface area contributed by atoms with Gasteiger partial charge in [-0.25, -0.2) is 9.18 Å². The number of hydrogen-bond donors (Lipinski definition) is 0. The Kier molecular flexibility index (Phi) is 13.5. The Morgan fingerprint density at radius 3 is 2.10 bits per heavy atom. The molecule has 218 valence electrons. The van der Waals surface area contributed by atoms with Gasteiger partial charge < -0.3 is 9.47 Å². The molecule has 3 rings (SSSR count). The number of rotatable bonds is 17. The normalized spacial score (nSPS) is 18.7. The van der Waals surface area contributed by atoms with Gasteiger partial charge in [0.2, 0.25) is 0 Å². The maximum atomic E-state index is 15.0. The van der Waals surface area contributed by atoms with Gasteiger partial charge in [-0.3, -0.25) is 0 Å². The van der Waals surface area contributed by atoms with Crippen LogP contribution in [0.3, 0.4) is 0 Å². The minimum Gasteiger partial charge on any atom is -0.494 e. The first-order chi connectivity index (χ1) is 19.5. The van der Waals surface area contributed by atoms with Crippen LogP contribution in [-0.4, -0.2) is 18.7 Å².